The predicted molar refractivity (Wildman–Crippen MR) is 98.0 cm³/mol. The number of carbonyl (C=O) groups excluding carboxylic acids is 1. The molecule has 2 aromatic carbocycles. The molecule has 0 N–H and O–H groups in total. The Morgan fingerprint density at radius 3 is 2.73 bits per heavy atom. The highest BCUT2D eigenvalue weighted by molar-refractivity contribution is 5.95. The van der Waals surface area contributed by atoms with E-state index in [1.54, 1.807) is 19.1 Å². The highest BCUT2D eigenvalue weighted by atomic mass is 16.5. The molecule has 6 heteroatoms. The van der Waals surface area contributed by atoms with E-state index in [1.807, 2.05) is 56.3 Å². The first-order chi connectivity index (χ1) is 12.5. The highest BCUT2D eigenvalue weighted by Gasteiger charge is 2.18. The third-order valence-corrected chi connectivity index (χ3v) is 4.13. The van der Waals surface area contributed by atoms with Crippen molar-refractivity contribution in [3.05, 3.63) is 65.0 Å². The standard InChI is InChI=1S/C20H21N3O3/c1-13-8-9-17(14(2)10-13)20(24)23(3)12-18-21-19(22-26-18)15-6-5-7-16(11-15)25-4/h5-11H,12H2,1-4H3. The number of amides is 1. The second-order valence-corrected chi connectivity index (χ2v) is 6.22. The molecule has 26 heavy (non-hydrogen) atoms. The molecule has 6 nitrogen and oxygen atoms in total. The van der Waals surface area contributed by atoms with E-state index in [9.17, 15) is 4.79 Å². The molecule has 3 aromatic rings. The quantitative estimate of drug-likeness (QED) is 0.702. The van der Waals surface area contributed by atoms with Crippen molar-refractivity contribution in [1.29, 1.82) is 0 Å². The first-order valence-electron chi connectivity index (χ1n) is 8.27. The lowest BCUT2D eigenvalue weighted by Gasteiger charge is -2.16. The second-order valence-electron chi connectivity index (χ2n) is 6.22. The van der Waals surface area contributed by atoms with Crippen molar-refractivity contribution in [2.45, 2.75) is 20.4 Å². The minimum atomic E-state index is -0.0800. The minimum Gasteiger partial charge on any atom is -0.497 e. The van der Waals surface area contributed by atoms with Gasteiger partial charge in [0, 0.05) is 18.2 Å². The van der Waals surface area contributed by atoms with Gasteiger partial charge in [-0.15, -0.1) is 0 Å². The fourth-order valence-electron chi connectivity index (χ4n) is 2.73. The average molecular weight is 351 g/mol. The summed E-state index contributed by atoms with van der Waals surface area (Å²) in [6.07, 6.45) is 0. The van der Waals surface area contributed by atoms with Gasteiger partial charge in [0.2, 0.25) is 11.7 Å². The van der Waals surface area contributed by atoms with Crippen LogP contribution >= 0.6 is 0 Å². The Labute approximate surface area is 152 Å². The van der Waals surface area contributed by atoms with E-state index in [0.717, 1.165) is 22.4 Å². The van der Waals surface area contributed by atoms with Crippen LogP contribution in [0.4, 0.5) is 0 Å². The maximum atomic E-state index is 12.7. The molecular formula is C20H21N3O3. The summed E-state index contributed by atoms with van der Waals surface area (Å²) in [4.78, 5) is 18.6. The van der Waals surface area contributed by atoms with Crippen molar-refractivity contribution in [1.82, 2.24) is 15.0 Å². The fourth-order valence-corrected chi connectivity index (χ4v) is 2.73. The van der Waals surface area contributed by atoms with E-state index in [4.69, 9.17) is 9.26 Å². The van der Waals surface area contributed by atoms with Crippen LogP contribution in [0.2, 0.25) is 0 Å². The molecule has 1 heterocycles. The number of rotatable bonds is 5. The smallest absolute Gasteiger partial charge is 0.254 e. The van der Waals surface area contributed by atoms with Gasteiger partial charge in [-0.25, -0.2) is 0 Å². The molecule has 0 saturated carbocycles. The molecular weight excluding hydrogens is 330 g/mol. The van der Waals surface area contributed by atoms with Crippen LogP contribution in [0, 0.1) is 13.8 Å². The summed E-state index contributed by atoms with van der Waals surface area (Å²) < 4.78 is 10.5. The first kappa shape index (κ1) is 17.7. The van der Waals surface area contributed by atoms with Crippen molar-refractivity contribution in [3.8, 4) is 17.1 Å². The topological polar surface area (TPSA) is 68.5 Å². The van der Waals surface area contributed by atoms with E-state index in [-0.39, 0.29) is 12.5 Å². The normalized spacial score (nSPS) is 10.6. The summed E-state index contributed by atoms with van der Waals surface area (Å²) in [5, 5.41) is 4.00. The number of ether oxygens (including phenoxy) is 1. The van der Waals surface area contributed by atoms with Crippen LogP contribution in [-0.4, -0.2) is 35.1 Å². The third-order valence-electron chi connectivity index (χ3n) is 4.13. The lowest BCUT2D eigenvalue weighted by molar-refractivity contribution is 0.0769. The summed E-state index contributed by atoms with van der Waals surface area (Å²) in [5.41, 5.74) is 3.54. The Bertz CT molecular complexity index is 934. The lowest BCUT2D eigenvalue weighted by Crippen LogP contribution is -2.27. The molecule has 3 rings (SSSR count). The second kappa shape index (κ2) is 7.39. The molecule has 0 fully saturated rings. The van der Waals surface area contributed by atoms with Crippen molar-refractivity contribution in [3.63, 3.8) is 0 Å². The van der Waals surface area contributed by atoms with Gasteiger partial charge < -0.3 is 14.2 Å². The SMILES string of the molecule is COc1cccc(-c2noc(CN(C)C(=O)c3ccc(C)cc3C)n2)c1. The summed E-state index contributed by atoms with van der Waals surface area (Å²) in [7, 11) is 3.32. The number of aryl methyl sites for hydroxylation is 2. The van der Waals surface area contributed by atoms with Crippen molar-refractivity contribution < 1.29 is 14.1 Å². The summed E-state index contributed by atoms with van der Waals surface area (Å²) >= 11 is 0. The molecule has 1 amide bonds. The number of aromatic nitrogens is 2. The van der Waals surface area contributed by atoms with Crippen molar-refractivity contribution >= 4 is 5.91 Å². The van der Waals surface area contributed by atoms with Crippen LogP contribution in [0.1, 0.15) is 27.4 Å². The third kappa shape index (κ3) is 3.74. The molecule has 0 atom stereocenters. The monoisotopic (exact) mass is 351 g/mol. The number of methoxy groups -OCH3 is 1. The number of nitrogens with zero attached hydrogens (tertiary/aromatic N) is 3. The minimum absolute atomic E-state index is 0.0800. The molecule has 134 valence electrons. The summed E-state index contributed by atoms with van der Waals surface area (Å²) in [6, 6.07) is 13.2. The predicted octanol–water partition coefficient (Wildman–Crippen LogP) is 3.63. The molecule has 0 aliphatic rings. The largest absolute Gasteiger partial charge is 0.497 e. The van der Waals surface area contributed by atoms with E-state index >= 15 is 0 Å². The number of carbonyl (C=O) groups is 1. The van der Waals surface area contributed by atoms with Crippen LogP contribution < -0.4 is 4.74 Å². The zero-order chi connectivity index (χ0) is 18.7. The Hall–Kier alpha value is -3.15. The maximum absolute atomic E-state index is 12.7. The van der Waals surface area contributed by atoms with Crippen LogP contribution in [0.15, 0.2) is 47.0 Å². The molecule has 0 spiro atoms. The van der Waals surface area contributed by atoms with E-state index in [2.05, 4.69) is 10.1 Å². The molecule has 0 saturated heterocycles. The molecule has 0 aliphatic heterocycles. The van der Waals surface area contributed by atoms with Crippen LogP contribution in [0.25, 0.3) is 11.4 Å². The van der Waals surface area contributed by atoms with Gasteiger partial charge in [0.05, 0.1) is 13.7 Å². The molecule has 1 aromatic heterocycles. The van der Waals surface area contributed by atoms with Gasteiger partial charge in [0.15, 0.2) is 0 Å². The van der Waals surface area contributed by atoms with Gasteiger partial charge in [-0.3, -0.25) is 4.79 Å². The molecule has 0 aliphatic carbocycles. The maximum Gasteiger partial charge on any atom is 0.254 e. The van der Waals surface area contributed by atoms with Crippen LogP contribution in [-0.2, 0) is 6.54 Å². The Balaban J connectivity index is 1.74. The van der Waals surface area contributed by atoms with Crippen LogP contribution in [0.5, 0.6) is 5.75 Å². The molecule has 0 radical (unpaired) electrons. The summed E-state index contributed by atoms with van der Waals surface area (Å²) in [6.45, 7) is 4.17. The average Bonchev–Trinajstić information content (AvgIpc) is 3.09. The van der Waals surface area contributed by atoms with Crippen LogP contribution in [0.3, 0.4) is 0 Å². The number of benzene rings is 2. The number of hydrogen-bond donors (Lipinski definition) is 0. The van der Waals surface area contributed by atoms with Gasteiger partial charge in [-0.2, -0.15) is 4.98 Å². The Morgan fingerprint density at radius 1 is 1.19 bits per heavy atom. The van der Waals surface area contributed by atoms with Gasteiger partial charge in [-0.1, -0.05) is 35.0 Å². The van der Waals surface area contributed by atoms with E-state index in [0.29, 0.717) is 17.3 Å². The Kier molecular flexibility index (Phi) is 5.02. The van der Waals surface area contributed by atoms with Crippen molar-refractivity contribution in [2.75, 3.05) is 14.2 Å². The van der Waals surface area contributed by atoms with Gasteiger partial charge in [0.25, 0.3) is 5.91 Å². The first-order valence-corrected chi connectivity index (χ1v) is 8.27. The van der Waals surface area contributed by atoms with E-state index < -0.39 is 0 Å². The highest BCUT2D eigenvalue weighted by Crippen LogP contribution is 2.21. The van der Waals surface area contributed by atoms with Crippen molar-refractivity contribution in [2.24, 2.45) is 0 Å². The summed E-state index contributed by atoms with van der Waals surface area (Å²) in [5.74, 6) is 1.48. The van der Waals surface area contributed by atoms with Gasteiger partial charge in [-0.05, 0) is 37.6 Å². The molecule has 0 unspecified atom stereocenters. The Morgan fingerprint density at radius 2 is 2.00 bits per heavy atom. The molecule has 0 bridgehead atoms. The van der Waals surface area contributed by atoms with Gasteiger partial charge >= 0.3 is 0 Å². The number of hydrogen-bond acceptors (Lipinski definition) is 5. The van der Waals surface area contributed by atoms with E-state index in [1.165, 1.54) is 0 Å². The zero-order valence-electron chi connectivity index (χ0n) is 15.3. The lowest BCUT2D eigenvalue weighted by atomic mass is 10.0. The van der Waals surface area contributed by atoms with Gasteiger partial charge in [0.1, 0.15) is 5.75 Å². The fraction of sp³-hybridized carbons (Fsp3) is 0.250. The zero-order valence-corrected chi connectivity index (χ0v) is 15.3.